The van der Waals surface area contributed by atoms with Crippen LogP contribution >= 0.6 is 11.8 Å². The van der Waals surface area contributed by atoms with E-state index in [9.17, 15) is 0 Å². The van der Waals surface area contributed by atoms with E-state index in [1.807, 2.05) is 14.1 Å². The van der Waals surface area contributed by atoms with Crippen LogP contribution in [0.3, 0.4) is 0 Å². The molecule has 0 spiro atoms. The predicted octanol–water partition coefficient (Wildman–Crippen LogP) is 0.648. The fraction of sp³-hybridized carbons (Fsp3) is 0.667. The maximum absolute atomic E-state index is 5.60. The lowest BCUT2D eigenvalue weighted by molar-refractivity contribution is 0.200. The highest BCUT2D eigenvalue weighted by Gasteiger charge is 2.06. The Labute approximate surface area is 99.6 Å². The molecule has 0 atom stereocenters. The summed E-state index contributed by atoms with van der Waals surface area (Å²) in [6.07, 6.45) is 0.962. The minimum Gasteiger partial charge on any atom is -0.385 e. The van der Waals surface area contributed by atoms with E-state index in [1.165, 1.54) is 0 Å². The number of thioether (sulfide) groups is 1. The summed E-state index contributed by atoms with van der Waals surface area (Å²) < 4.78 is 4.97. The molecule has 0 bridgehead atoms. The molecule has 1 aromatic heterocycles. The minimum atomic E-state index is 0.257. The van der Waals surface area contributed by atoms with Crippen molar-refractivity contribution in [1.29, 1.82) is 0 Å². The normalized spacial score (nSPS) is 10.4. The van der Waals surface area contributed by atoms with Gasteiger partial charge in [0, 0.05) is 33.6 Å². The van der Waals surface area contributed by atoms with Crippen LogP contribution in [0.5, 0.6) is 0 Å². The molecular weight excluding hydrogens is 226 g/mol. The zero-order valence-electron chi connectivity index (χ0n) is 9.80. The van der Waals surface area contributed by atoms with Crippen LogP contribution in [0.15, 0.2) is 5.16 Å². The lowest BCUT2D eigenvalue weighted by Crippen LogP contribution is -2.15. The molecule has 0 aliphatic carbocycles. The second-order valence-corrected chi connectivity index (χ2v) is 4.43. The molecule has 1 rings (SSSR count). The smallest absolute Gasteiger partial charge is 0.230 e. The largest absolute Gasteiger partial charge is 0.385 e. The van der Waals surface area contributed by atoms with E-state index in [4.69, 9.17) is 10.5 Å². The second-order valence-electron chi connectivity index (χ2n) is 3.37. The van der Waals surface area contributed by atoms with Crippen LogP contribution < -0.4 is 10.6 Å². The van der Waals surface area contributed by atoms with Crippen LogP contribution in [0.25, 0.3) is 0 Å². The van der Waals surface area contributed by atoms with Crippen molar-refractivity contribution in [2.45, 2.75) is 11.6 Å². The standard InChI is InChI=1S/C9H17N5OS/c1-14(2)8-11-7(10)12-9(13-8)16-6-4-5-15-3/h4-6H2,1-3H3,(H2,10,11,12,13). The van der Waals surface area contributed by atoms with Gasteiger partial charge in [-0.1, -0.05) is 11.8 Å². The van der Waals surface area contributed by atoms with Gasteiger partial charge in [0.1, 0.15) is 0 Å². The fourth-order valence-corrected chi connectivity index (χ4v) is 1.74. The minimum absolute atomic E-state index is 0.257. The Morgan fingerprint density at radius 3 is 2.69 bits per heavy atom. The summed E-state index contributed by atoms with van der Waals surface area (Å²) >= 11 is 1.56. The zero-order chi connectivity index (χ0) is 12.0. The van der Waals surface area contributed by atoms with Crippen molar-refractivity contribution in [1.82, 2.24) is 15.0 Å². The zero-order valence-corrected chi connectivity index (χ0v) is 10.6. The lowest BCUT2D eigenvalue weighted by Gasteiger charge is -2.10. The average molecular weight is 243 g/mol. The van der Waals surface area contributed by atoms with Crippen molar-refractivity contribution < 1.29 is 4.74 Å². The molecule has 2 N–H and O–H groups in total. The summed E-state index contributed by atoms with van der Waals surface area (Å²) in [5, 5.41) is 0.660. The van der Waals surface area contributed by atoms with E-state index in [0.717, 1.165) is 18.8 Å². The third kappa shape index (κ3) is 4.19. The van der Waals surface area contributed by atoms with E-state index in [0.29, 0.717) is 11.1 Å². The highest BCUT2D eigenvalue weighted by atomic mass is 32.2. The van der Waals surface area contributed by atoms with Gasteiger partial charge in [-0.3, -0.25) is 0 Å². The first-order valence-corrected chi connectivity index (χ1v) is 5.92. The molecule has 7 heteroatoms. The van der Waals surface area contributed by atoms with Gasteiger partial charge in [-0.25, -0.2) is 0 Å². The number of hydrogen-bond acceptors (Lipinski definition) is 7. The summed E-state index contributed by atoms with van der Waals surface area (Å²) in [6, 6.07) is 0. The Balaban J connectivity index is 2.58. The molecule has 0 saturated carbocycles. The van der Waals surface area contributed by atoms with Crippen LogP contribution in [0.2, 0.25) is 0 Å². The van der Waals surface area contributed by atoms with Crippen molar-refractivity contribution in [3.8, 4) is 0 Å². The first-order chi connectivity index (χ1) is 7.63. The molecular formula is C9H17N5OS. The molecule has 0 saturated heterocycles. The van der Waals surface area contributed by atoms with Gasteiger partial charge in [0.05, 0.1) is 0 Å². The van der Waals surface area contributed by atoms with E-state index >= 15 is 0 Å². The van der Waals surface area contributed by atoms with E-state index in [-0.39, 0.29) is 5.95 Å². The molecule has 0 aromatic carbocycles. The van der Waals surface area contributed by atoms with Crippen LogP contribution in [0.4, 0.5) is 11.9 Å². The number of rotatable bonds is 6. The van der Waals surface area contributed by atoms with Gasteiger partial charge in [-0.2, -0.15) is 15.0 Å². The van der Waals surface area contributed by atoms with Gasteiger partial charge in [-0.15, -0.1) is 0 Å². The van der Waals surface area contributed by atoms with Crippen molar-refractivity contribution in [2.24, 2.45) is 0 Å². The van der Waals surface area contributed by atoms with Crippen molar-refractivity contribution in [2.75, 3.05) is 44.2 Å². The van der Waals surface area contributed by atoms with Gasteiger partial charge in [0.2, 0.25) is 11.9 Å². The first-order valence-electron chi connectivity index (χ1n) is 4.94. The molecule has 0 amide bonds. The van der Waals surface area contributed by atoms with Crippen LogP contribution in [-0.4, -0.2) is 48.5 Å². The summed E-state index contributed by atoms with van der Waals surface area (Å²) in [5.74, 6) is 1.75. The number of nitrogens with zero attached hydrogens (tertiary/aromatic N) is 4. The molecule has 0 aliphatic heterocycles. The van der Waals surface area contributed by atoms with Gasteiger partial charge < -0.3 is 15.4 Å². The quantitative estimate of drug-likeness (QED) is 0.580. The summed E-state index contributed by atoms with van der Waals surface area (Å²) in [4.78, 5) is 14.2. The van der Waals surface area contributed by atoms with Crippen LogP contribution in [0.1, 0.15) is 6.42 Å². The molecule has 16 heavy (non-hydrogen) atoms. The van der Waals surface area contributed by atoms with Crippen molar-refractivity contribution >= 4 is 23.7 Å². The fourth-order valence-electron chi connectivity index (χ4n) is 0.992. The van der Waals surface area contributed by atoms with Crippen LogP contribution in [0, 0.1) is 0 Å². The summed E-state index contributed by atoms with van der Waals surface area (Å²) in [6.45, 7) is 0.744. The molecule has 90 valence electrons. The molecule has 6 nitrogen and oxygen atoms in total. The lowest BCUT2D eigenvalue weighted by atomic mass is 10.5. The van der Waals surface area contributed by atoms with Gasteiger partial charge in [0.15, 0.2) is 5.16 Å². The highest BCUT2D eigenvalue weighted by molar-refractivity contribution is 7.99. The Bertz CT molecular complexity index is 334. The third-order valence-corrected chi connectivity index (χ3v) is 2.68. The third-order valence-electron chi connectivity index (χ3n) is 1.74. The average Bonchev–Trinajstić information content (AvgIpc) is 2.23. The van der Waals surface area contributed by atoms with Gasteiger partial charge in [0.25, 0.3) is 0 Å². The number of nitrogen functional groups attached to an aromatic ring is 1. The van der Waals surface area contributed by atoms with E-state index in [1.54, 1.807) is 23.8 Å². The summed E-state index contributed by atoms with van der Waals surface area (Å²) in [7, 11) is 5.43. The topological polar surface area (TPSA) is 77.2 Å². The number of anilines is 2. The van der Waals surface area contributed by atoms with E-state index in [2.05, 4.69) is 15.0 Å². The first kappa shape index (κ1) is 13.0. The summed E-state index contributed by atoms with van der Waals surface area (Å²) in [5.41, 5.74) is 5.60. The van der Waals surface area contributed by atoms with Crippen molar-refractivity contribution in [3.63, 3.8) is 0 Å². The molecule has 0 radical (unpaired) electrons. The highest BCUT2D eigenvalue weighted by Crippen LogP contribution is 2.17. The number of hydrogen-bond donors (Lipinski definition) is 1. The molecule has 0 fully saturated rings. The molecule has 1 heterocycles. The number of methoxy groups -OCH3 is 1. The Morgan fingerprint density at radius 1 is 1.31 bits per heavy atom. The van der Waals surface area contributed by atoms with Gasteiger partial charge in [-0.05, 0) is 6.42 Å². The number of nitrogens with two attached hydrogens (primary N) is 1. The van der Waals surface area contributed by atoms with Crippen molar-refractivity contribution in [3.05, 3.63) is 0 Å². The maximum Gasteiger partial charge on any atom is 0.230 e. The molecule has 1 aromatic rings. The van der Waals surface area contributed by atoms with Gasteiger partial charge >= 0.3 is 0 Å². The predicted molar refractivity (Wildman–Crippen MR) is 65.8 cm³/mol. The Hall–Kier alpha value is -1.08. The monoisotopic (exact) mass is 243 g/mol. The number of aromatic nitrogens is 3. The van der Waals surface area contributed by atoms with Crippen LogP contribution in [-0.2, 0) is 4.74 Å². The Morgan fingerprint density at radius 2 is 2.06 bits per heavy atom. The van der Waals surface area contributed by atoms with E-state index < -0.39 is 0 Å². The molecule has 0 unspecified atom stereocenters. The number of ether oxygens (including phenoxy) is 1. The molecule has 0 aliphatic rings. The Kier molecular flexibility index (Phi) is 5.27. The second kappa shape index (κ2) is 6.49. The SMILES string of the molecule is COCCCSc1nc(N)nc(N(C)C)n1. The maximum atomic E-state index is 5.60.